The zero-order valence-electron chi connectivity index (χ0n) is 37.2. The number of rotatable bonds is 9. The fourth-order valence-electron chi connectivity index (χ4n) is 11.2. The Hall–Kier alpha value is -7.06. The van der Waals surface area contributed by atoms with Gasteiger partial charge >= 0.3 is 0 Å². The molecule has 1 atom stereocenters. The van der Waals surface area contributed by atoms with Crippen molar-refractivity contribution in [1.29, 1.82) is 0 Å². The van der Waals surface area contributed by atoms with E-state index < -0.39 is 0 Å². The zero-order valence-corrected chi connectivity index (χ0v) is 38.1. The molecular weight excluding hydrogens is 801 g/mol. The van der Waals surface area contributed by atoms with Crippen LogP contribution in [0.2, 0.25) is 0 Å². The fourth-order valence-corrected chi connectivity index (χ4v) is 12.4. The Morgan fingerprint density at radius 2 is 1.08 bits per heavy atom. The number of allylic oxidation sites excluding steroid dienone is 1. The minimum Gasteiger partial charge on any atom is -0.135 e. The summed E-state index contributed by atoms with van der Waals surface area (Å²) in [6.07, 6.45) is 5.38. The molecule has 0 aliphatic heterocycles. The molecule has 0 saturated carbocycles. The van der Waals surface area contributed by atoms with E-state index in [1.54, 1.807) is 0 Å². The van der Waals surface area contributed by atoms with Gasteiger partial charge in [-0.25, -0.2) is 0 Å². The van der Waals surface area contributed by atoms with E-state index in [0.717, 1.165) is 19.3 Å². The largest absolute Gasteiger partial charge is 0.135 e. The second-order valence-corrected chi connectivity index (χ2v) is 19.7. The predicted octanol–water partition coefficient (Wildman–Crippen LogP) is 17.8. The van der Waals surface area contributed by atoms with Gasteiger partial charge in [-0.2, -0.15) is 0 Å². The smallest absolute Gasteiger partial charge is 0.0433 e. The molecule has 65 heavy (non-hydrogen) atoms. The van der Waals surface area contributed by atoms with Gasteiger partial charge in [0.25, 0.3) is 0 Å². The summed E-state index contributed by atoms with van der Waals surface area (Å²) < 4.78 is 2.70. The maximum Gasteiger partial charge on any atom is 0.0433 e. The van der Waals surface area contributed by atoms with Crippen molar-refractivity contribution in [2.24, 2.45) is 0 Å². The van der Waals surface area contributed by atoms with Gasteiger partial charge in [-0.3, -0.25) is 0 Å². The number of aryl methyl sites for hydroxylation is 1. The Balaban J connectivity index is 0.849. The molecule has 0 saturated heterocycles. The van der Waals surface area contributed by atoms with Crippen molar-refractivity contribution < 1.29 is 0 Å². The topological polar surface area (TPSA) is 0 Å². The first-order chi connectivity index (χ1) is 31.9. The third-order valence-electron chi connectivity index (χ3n) is 14.6. The van der Waals surface area contributed by atoms with E-state index in [1.807, 2.05) is 11.3 Å². The van der Waals surface area contributed by atoms with Crippen molar-refractivity contribution in [3.05, 3.63) is 245 Å². The molecule has 2 aliphatic carbocycles. The predicted molar refractivity (Wildman–Crippen MR) is 279 cm³/mol. The maximum absolute atomic E-state index is 2.57. The minimum absolute atomic E-state index is 0.107. The van der Waals surface area contributed by atoms with Crippen LogP contribution in [0.5, 0.6) is 0 Å². The van der Waals surface area contributed by atoms with E-state index in [4.69, 9.17) is 0 Å². The van der Waals surface area contributed by atoms with Crippen LogP contribution >= 0.6 is 11.3 Å². The molecule has 0 bridgehead atoms. The van der Waals surface area contributed by atoms with Crippen molar-refractivity contribution in [3.8, 4) is 55.6 Å². The number of benzene rings is 9. The van der Waals surface area contributed by atoms with E-state index >= 15 is 0 Å². The van der Waals surface area contributed by atoms with Crippen LogP contribution in [-0.2, 0) is 18.3 Å². The van der Waals surface area contributed by atoms with Gasteiger partial charge in [0.2, 0.25) is 0 Å². The van der Waals surface area contributed by atoms with Crippen LogP contribution in [0.4, 0.5) is 0 Å². The van der Waals surface area contributed by atoms with Gasteiger partial charge in [0.15, 0.2) is 0 Å². The molecule has 2 aliphatic rings. The highest BCUT2D eigenvalue weighted by Crippen LogP contribution is 2.52. The summed E-state index contributed by atoms with van der Waals surface area (Å²) in [6.45, 7) is 7.04. The Bertz CT molecular complexity index is 3470. The molecule has 0 amide bonds. The molecule has 312 valence electrons. The average Bonchev–Trinajstić information content (AvgIpc) is 3.98. The lowest BCUT2D eigenvalue weighted by Gasteiger charge is -2.25. The molecule has 0 spiro atoms. The molecule has 0 fully saturated rings. The normalized spacial score (nSPS) is 14.4. The molecule has 1 heterocycles. The van der Waals surface area contributed by atoms with Crippen LogP contribution in [0.3, 0.4) is 0 Å². The Labute approximate surface area is 387 Å². The summed E-state index contributed by atoms with van der Waals surface area (Å²) in [5, 5.41) is 2.68. The molecule has 1 heteroatoms. The third kappa shape index (κ3) is 6.72. The molecule has 0 N–H and O–H groups in total. The van der Waals surface area contributed by atoms with Gasteiger partial charge < -0.3 is 0 Å². The lowest BCUT2D eigenvalue weighted by atomic mass is 9.79. The van der Waals surface area contributed by atoms with E-state index in [0.29, 0.717) is 5.92 Å². The lowest BCUT2D eigenvalue weighted by molar-refractivity contribution is 0.614. The SMILES string of the molecule is C/C=C1/c2ccccc2-c2cccc(CC(CCc3ccc(-c4ccc(-c5cccc6c5sc5ccccc56)cc4)cc3)c3ccc4c(c3)C(C)(C)c3cc(-c5ccccc5)ccc3-4)c21. The second kappa shape index (κ2) is 15.9. The van der Waals surface area contributed by atoms with E-state index in [-0.39, 0.29) is 5.41 Å². The first-order valence-corrected chi connectivity index (χ1v) is 24.1. The summed E-state index contributed by atoms with van der Waals surface area (Å²) >= 11 is 1.89. The van der Waals surface area contributed by atoms with Gasteiger partial charge in [0.05, 0.1) is 0 Å². The molecule has 1 unspecified atom stereocenters. The van der Waals surface area contributed by atoms with E-state index in [1.165, 1.54) is 120 Å². The van der Waals surface area contributed by atoms with Crippen molar-refractivity contribution in [1.82, 2.24) is 0 Å². The molecular formula is C64H50S. The van der Waals surface area contributed by atoms with Crippen molar-refractivity contribution in [2.45, 2.75) is 51.4 Å². The Morgan fingerprint density at radius 1 is 0.477 bits per heavy atom. The van der Waals surface area contributed by atoms with Gasteiger partial charge in [0.1, 0.15) is 0 Å². The lowest BCUT2D eigenvalue weighted by Crippen LogP contribution is -2.16. The molecule has 10 aromatic rings. The van der Waals surface area contributed by atoms with Gasteiger partial charge in [-0.1, -0.05) is 208 Å². The Morgan fingerprint density at radius 3 is 1.88 bits per heavy atom. The average molecular weight is 851 g/mol. The second-order valence-electron chi connectivity index (χ2n) is 18.6. The molecule has 0 radical (unpaired) electrons. The van der Waals surface area contributed by atoms with Crippen LogP contribution in [-0.4, -0.2) is 0 Å². The number of hydrogen-bond donors (Lipinski definition) is 0. The maximum atomic E-state index is 2.57. The summed E-state index contributed by atoms with van der Waals surface area (Å²) in [7, 11) is 0. The fraction of sp³-hybridized carbons (Fsp3) is 0.125. The summed E-state index contributed by atoms with van der Waals surface area (Å²) in [5.74, 6) is 0.339. The molecule has 12 rings (SSSR count). The highest BCUT2D eigenvalue weighted by atomic mass is 32.1. The summed E-state index contributed by atoms with van der Waals surface area (Å²) in [4.78, 5) is 0. The molecule has 9 aromatic carbocycles. The van der Waals surface area contributed by atoms with Gasteiger partial charge in [-0.05, 0) is 144 Å². The third-order valence-corrected chi connectivity index (χ3v) is 15.8. The van der Waals surface area contributed by atoms with Crippen LogP contribution in [0.1, 0.15) is 72.1 Å². The summed E-state index contributed by atoms with van der Waals surface area (Å²) in [6, 6.07) is 75.3. The number of thiophene rings is 1. The first-order valence-electron chi connectivity index (χ1n) is 23.3. The number of fused-ring (bicyclic) bond motifs is 9. The van der Waals surface area contributed by atoms with Crippen LogP contribution < -0.4 is 0 Å². The summed E-state index contributed by atoms with van der Waals surface area (Å²) in [5.41, 5.74) is 24.2. The van der Waals surface area contributed by atoms with Crippen LogP contribution in [0.25, 0.3) is 81.4 Å². The van der Waals surface area contributed by atoms with Crippen LogP contribution in [0, 0.1) is 0 Å². The quantitative estimate of drug-likeness (QED) is 0.136. The molecule has 0 nitrogen and oxygen atoms in total. The van der Waals surface area contributed by atoms with Gasteiger partial charge in [0, 0.05) is 25.6 Å². The van der Waals surface area contributed by atoms with Crippen molar-refractivity contribution >= 4 is 37.1 Å². The van der Waals surface area contributed by atoms with Crippen molar-refractivity contribution in [2.75, 3.05) is 0 Å². The standard InChI is InChI=1S/C64H50S/c1-4-50-52-17-8-9-18-53(52)57-21-12-16-49(62(50)57)38-46(48-35-37-55-54-36-34-47(42-14-6-5-7-15-42)39-59(54)64(2,3)60(55)40-48)29-26-41-24-27-43(28-25-41)44-30-32-45(33-31-44)51-20-13-22-58-56-19-10-11-23-61(56)65-63(51)58/h4-25,27-28,30-37,39-40,46H,26,29,38H2,1-3H3/b50-4-. The highest BCUT2D eigenvalue weighted by molar-refractivity contribution is 7.26. The Kier molecular flexibility index (Phi) is 9.65. The van der Waals surface area contributed by atoms with E-state index in [9.17, 15) is 0 Å². The monoisotopic (exact) mass is 850 g/mol. The molecule has 1 aromatic heterocycles. The minimum atomic E-state index is -0.107. The highest BCUT2D eigenvalue weighted by Gasteiger charge is 2.36. The van der Waals surface area contributed by atoms with Crippen LogP contribution in [0.15, 0.2) is 206 Å². The van der Waals surface area contributed by atoms with Gasteiger partial charge in [-0.15, -0.1) is 11.3 Å². The van der Waals surface area contributed by atoms with E-state index in [2.05, 4.69) is 227 Å². The first kappa shape index (κ1) is 39.5. The van der Waals surface area contributed by atoms with Crippen molar-refractivity contribution in [3.63, 3.8) is 0 Å². The number of hydrogen-bond acceptors (Lipinski definition) is 1. The zero-order chi connectivity index (χ0) is 43.6.